The molecule has 1 aliphatic carbocycles. The average Bonchev–Trinajstić information content (AvgIpc) is 2.84. The van der Waals surface area contributed by atoms with Crippen molar-refractivity contribution >= 4 is 5.91 Å². The maximum atomic E-state index is 11.9. The minimum atomic E-state index is 0.0335. The van der Waals surface area contributed by atoms with Crippen molar-refractivity contribution in [2.75, 3.05) is 19.7 Å². The van der Waals surface area contributed by atoms with Crippen molar-refractivity contribution in [2.45, 2.75) is 45.2 Å². The number of aliphatic hydroxyl groups is 1. The fourth-order valence-electron chi connectivity index (χ4n) is 2.68. The molecular weight excluding hydrogens is 256 g/mol. The standard InChI is InChI=1S/C14H24N4O2/c1-2-6-15-10-14(20)17-12-4-3-5-13-11(12)9-16-18(13)7-8-19/h9,12,15,19H,2-8,10H2,1H3,(H,17,20). The lowest BCUT2D eigenvalue weighted by Gasteiger charge is -2.24. The third-order valence-electron chi connectivity index (χ3n) is 3.62. The lowest BCUT2D eigenvalue weighted by atomic mass is 9.93. The van der Waals surface area contributed by atoms with Gasteiger partial charge in [0.15, 0.2) is 0 Å². The molecule has 2 rings (SSSR count). The first kappa shape index (κ1) is 15.0. The third kappa shape index (κ3) is 3.58. The molecule has 1 amide bonds. The molecule has 112 valence electrons. The molecule has 1 heterocycles. The van der Waals surface area contributed by atoms with Gasteiger partial charge in [0.1, 0.15) is 0 Å². The number of hydrogen-bond acceptors (Lipinski definition) is 4. The minimum absolute atomic E-state index is 0.0335. The molecule has 6 nitrogen and oxygen atoms in total. The van der Waals surface area contributed by atoms with Crippen LogP contribution in [0, 0.1) is 0 Å². The Morgan fingerprint density at radius 1 is 1.60 bits per heavy atom. The lowest BCUT2D eigenvalue weighted by molar-refractivity contribution is -0.121. The highest BCUT2D eigenvalue weighted by Gasteiger charge is 2.25. The van der Waals surface area contributed by atoms with E-state index in [2.05, 4.69) is 22.7 Å². The Morgan fingerprint density at radius 3 is 3.20 bits per heavy atom. The van der Waals surface area contributed by atoms with Gasteiger partial charge < -0.3 is 15.7 Å². The molecule has 3 N–H and O–H groups in total. The van der Waals surface area contributed by atoms with E-state index in [-0.39, 0.29) is 18.6 Å². The van der Waals surface area contributed by atoms with E-state index < -0.39 is 0 Å². The first-order valence-corrected chi connectivity index (χ1v) is 7.41. The largest absolute Gasteiger partial charge is 0.394 e. The van der Waals surface area contributed by atoms with Crippen LogP contribution in [0.3, 0.4) is 0 Å². The molecule has 20 heavy (non-hydrogen) atoms. The van der Waals surface area contributed by atoms with Crippen molar-refractivity contribution in [2.24, 2.45) is 0 Å². The van der Waals surface area contributed by atoms with Crippen LogP contribution in [0.2, 0.25) is 0 Å². The zero-order valence-electron chi connectivity index (χ0n) is 12.1. The number of nitrogens with one attached hydrogen (secondary N) is 2. The lowest BCUT2D eigenvalue weighted by Crippen LogP contribution is -2.37. The van der Waals surface area contributed by atoms with Gasteiger partial charge in [0, 0.05) is 11.3 Å². The molecule has 0 saturated heterocycles. The van der Waals surface area contributed by atoms with Gasteiger partial charge in [-0.05, 0) is 32.2 Å². The zero-order valence-corrected chi connectivity index (χ0v) is 12.1. The van der Waals surface area contributed by atoms with Gasteiger partial charge >= 0.3 is 0 Å². The monoisotopic (exact) mass is 280 g/mol. The Labute approximate surface area is 119 Å². The highest BCUT2D eigenvalue weighted by atomic mass is 16.3. The molecule has 0 spiro atoms. The molecule has 1 atom stereocenters. The molecule has 0 aromatic carbocycles. The van der Waals surface area contributed by atoms with E-state index in [9.17, 15) is 4.79 Å². The summed E-state index contributed by atoms with van der Waals surface area (Å²) in [6, 6.07) is 0.0575. The van der Waals surface area contributed by atoms with Gasteiger partial charge in [0.05, 0.1) is 31.9 Å². The van der Waals surface area contributed by atoms with Crippen molar-refractivity contribution in [3.05, 3.63) is 17.5 Å². The van der Waals surface area contributed by atoms with E-state index in [1.165, 1.54) is 0 Å². The Balaban J connectivity index is 1.96. The SMILES string of the molecule is CCCNCC(=O)NC1CCCc2c1cnn2CCO. The van der Waals surface area contributed by atoms with E-state index in [0.717, 1.165) is 43.5 Å². The quantitative estimate of drug-likeness (QED) is 0.630. The minimum Gasteiger partial charge on any atom is -0.394 e. The molecule has 0 aliphatic heterocycles. The highest BCUT2D eigenvalue weighted by molar-refractivity contribution is 5.78. The summed E-state index contributed by atoms with van der Waals surface area (Å²) < 4.78 is 1.85. The normalized spacial score (nSPS) is 17.8. The van der Waals surface area contributed by atoms with Crippen LogP contribution in [0.4, 0.5) is 0 Å². The van der Waals surface area contributed by atoms with Gasteiger partial charge in [-0.1, -0.05) is 6.92 Å². The number of carbonyl (C=O) groups is 1. The number of rotatable bonds is 7. The summed E-state index contributed by atoms with van der Waals surface area (Å²) >= 11 is 0. The number of hydrogen-bond donors (Lipinski definition) is 3. The van der Waals surface area contributed by atoms with Crippen LogP contribution in [0.25, 0.3) is 0 Å². The third-order valence-corrected chi connectivity index (χ3v) is 3.62. The fraction of sp³-hybridized carbons (Fsp3) is 0.714. The van der Waals surface area contributed by atoms with Crippen LogP contribution < -0.4 is 10.6 Å². The Morgan fingerprint density at radius 2 is 2.45 bits per heavy atom. The van der Waals surface area contributed by atoms with Crippen molar-refractivity contribution < 1.29 is 9.90 Å². The number of fused-ring (bicyclic) bond motifs is 1. The number of aliphatic hydroxyl groups excluding tert-OH is 1. The van der Waals surface area contributed by atoms with E-state index >= 15 is 0 Å². The Bertz CT molecular complexity index is 444. The summed E-state index contributed by atoms with van der Waals surface area (Å²) in [5.41, 5.74) is 2.26. The molecular formula is C14H24N4O2. The molecule has 1 aromatic rings. The van der Waals surface area contributed by atoms with Gasteiger partial charge in [-0.15, -0.1) is 0 Å². The van der Waals surface area contributed by atoms with Gasteiger partial charge in [-0.25, -0.2) is 0 Å². The summed E-state index contributed by atoms with van der Waals surface area (Å²) in [6.45, 7) is 3.91. The van der Waals surface area contributed by atoms with Gasteiger partial charge in [-0.3, -0.25) is 9.48 Å². The zero-order chi connectivity index (χ0) is 14.4. The van der Waals surface area contributed by atoms with Crippen LogP contribution >= 0.6 is 0 Å². The summed E-state index contributed by atoms with van der Waals surface area (Å²) in [5, 5.41) is 19.5. The summed E-state index contributed by atoms with van der Waals surface area (Å²) in [7, 11) is 0. The van der Waals surface area contributed by atoms with Crippen LogP contribution in [0.15, 0.2) is 6.20 Å². The smallest absolute Gasteiger partial charge is 0.234 e. The van der Waals surface area contributed by atoms with Crippen LogP contribution in [-0.4, -0.2) is 40.5 Å². The summed E-state index contributed by atoms with van der Waals surface area (Å²) in [4.78, 5) is 11.9. The number of nitrogens with zero attached hydrogens (tertiary/aromatic N) is 2. The maximum Gasteiger partial charge on any atom is 0.234 e. The first-order chi connectivity index (χ1) is 9.76. The van der Waals surface area contributed by atoms with Crippen LogP contribution in [-0.2, 0) is 17.8 Å². The fourth-order valence-corrected chi connectivity index (χ4v) is 2.68. The van der Waals surface area contributed by atoms with Gasteiger partial charge in [0.25, 0.3) is 0 Å². The second-order valence-electron chi connectivity index (χ2n) is 5.18. The summed E-state index contributed by atoms with van der Waals surface area (Å²) in [6.07, 6.45) is 5.81. The van der Waals surface area contributed by atoms with Gasteiger partial charge in [-0.2, -0.15) is 5.10 Å². The second kappa shape index (κ2) is 7.40. The predicted octanol–water partition coefficient (Wildman–Crippen LogP) is 0.369. The molecule has 0 fully saturated rings. The van der Waals surface area contributed by atoms with Crippen LogP contribution in [0.5, 0.6) is 0 Å². The van der Waals surface area contributed by atoms with Crippen molar-refractivity contribution in [1.29, 1.82) is 0 Å². The number of amides is 1. The van der Waals surface area contributed by atoms with E-state index in [1.54, 1.807) is 0 Å². The Kier molecular flexibility index (Phi) is 5.55. The molecule has 1 aromatic heterocycles. The van der Waals surface area contributed by atoms with Crippen molar-refractivity contribution in [3.8, 4) is 0 Å². The number of carbonyl (C=O) groups excluding carboxylic acids is 1. The highest BCUT2D eigenvalue weighted by Crippen LogP contribution is 2.29. The Hall–Kier alpha value is -1.40. The average molecular weight is 280 g/mol. The second-order valence-corrected chi connectivity index (χ2v) is 5.18. The summed E-state index contributed by atoms with van der Waals surface area (Å²) in [5.74, 6) is 0.0335. The number of aromatic nitrogens is 2. The topological polar surface area (TPSA) is 79.2 Å². The molecule has 1 aliphatic rings. The van der Waals surface area contributed by atoms with E-state index in [1.807, 2.05) is 10.9 Å². The molecule has 6 heteroatoms. The molecule has 1 unspecified atom stereocenters. The molecule has 0 radical (unpaired) electrons. The molecule has 0 saturated carbocycles. The van der Waals surface area contributed by atoms with E-state index in [0.29, 0.717) is 13.1 Å². The van der Waals surface area contributed by atoms with Crippen LogP contribution in [0.1, 0.15) is 43.5 Å². The molecule has 0 bridgehead atoms. The first-order valence-electron chi connectivity index (χ1n) is 7.41. The van der Waals surface area contributed by atoms with Gasteiger partial charge in [0.2, 0.25) is 5.91 Å². The van der Waals surface area contributed by atoms with E-state index in [4.69, 9.17) is 5.11 Å². The predicted molar refractivity (Wildman–Crippen MR) is 76.3 cm³/mol. The van der Waals surface area contributed by atoms with Crippen molar-refractivity contribution in [1.82, 2.24) is 20.4 Å². The van der Waals surface area contributed by atoms with Crippen molar-refractivity contribution in [3.63, 3.8) is 0 Å². The maximum absolute atomic E-state index is 11.9.